The first-order chi connectivity index (χ1) is 8.59. The van der Waals surface area contributed by atoms with Crippen molar-refractivity contribution in [2.75, 3.05) is 6.54 Å². The number of sulfonamides is 1. The molecule has 18 heavy (non-hydrogen) atoms. The van der Waals surface area contributed by atoms with Crippen LogP contribution >= 0.6 is 0 Å². The molecule has 1 aromatic rings. The largest absolute Gasteiger partial charge is 0.392 e. The third-order valence-corrected chi connectivity index (χ3v) is 5.03. The molecule has 0 atom stereocenters. The lowest BCUT2D eigenvalue weighted by molar-refractivity contribution is 0.281. The van der Waals surface area contributed by atoms with Crippen LogP contribution in [0.4, 0.5) is 0 Å². The Labute approximate surface area is 108 Å². The van der Waals surface area contributed by atoms with Crippen molar-refractivity contribution in [3.8, 4) is 0 Å². The van der Waals surface area contributed by atoms with Crippen molar-refractivity contribution in [2.45, 2.75) is 43.7 Å². The summed E-state index contributed by atoms with van der Waals surface area (Å²) in [6.07, 6.45) is 2.73. The molecular formula is C13H19NO3S. The highest BCUT2D eigenvalue weighted by Crippen LogP contribution is 2.32. The molecule has 100 valence electrons. The summed E-state index contributed by atoms with van der Waals surface area (Å²) in [7, 11) is -3.41. The highest BCUT2D eigenvalue weighted by Gasteiger charge is 2.37. The van der Waals surface area contributed by atoms with Gasteiger partial charge in [-0.05, 0) is 37.0 Å². The lowest BCUT2D eigenvalue weighted by Gasteiger charge is -2.21. The van der Waals surface area contributed by atoms with Crippen molar-refractivity contribution < 1.29 is 13.5 Å². The molecule has 0 spiro atoms. The van der Waals surface area contributed by atoms with Gasteiger partial charge in [0, 0.05) is 12.6 Å². The molecule has 5 heteroatoms. The molecule has 1 fully saturated rings. The Morgan fingerprint density at radius 1 is 1.39 bits per heavy atom. The number of aliphatic hydroxyl groups is 1. The number of benzene rings is 1. The van der Waals surface area contributed by atoms with Crippen molar-refractivity contribution in [3.63, 3.8) is 0 Å². The predicted molar refractivity (Wildman–Crippen MR) is 69.6 cm³/mol. The minimum atomic E-state index is -3.41. The average Bonchev–Trinajstić information content (AvgIpc) is 3.20. The van der Waals surface area contributed by atoms with E-state index in [1.54, 1.807) is 28.6 Å². The van der Waals surface area contributed by atoms with E-state index in [0.29, 0.717) is 12.1 Å². The Bertz CT molecular complexity index is 509. The normalized spacial score (nSPS) is 16.2. The summed E-state index contributed by atoms with van der Waals surface area (Å²) >= 11 is 0. The monoisotopic (exact) mass is 269 g/mol. The molecule has 1 aliphatic rings. The maximum absolute atomic E-state index is 12.5. The number of nitrogens with zero attached hydrogens (tertiary/aromatic N) is 1. The van der Waals surface area contributed by atoms with Crippen molar-refractivity contribution in [3.05, 3.63) is 29.8 Å². The predicted octanol–water partition coefficient (Wildman–Crippen LogP) is 1.74. The zero-order chi connectivity index (χ0) is 13.2. The van der Waals surface area contributed by atoms with Crippen LogP contribution in [0.25, 0.3) is 0 Å². The lowest BCUT2D eigenvalue weighted by Crippen LogP contribution is -2.33. The number of rotatable bonds is 6. The maximum Gasteiger partial charge on any atom is 0.243 e. The molecule has 1 aromatic carbocycles. The van der Waals surface area contributed by atoms with Gasteiger partial charge in [0.25, 0.3) is 0 Å². The van der Waals surface area contributed by atoms with E-state index < -0.39 is 10.0 Å². The number of hydrogen-bond donors (Lipinski definition) is 1. The van der Waals surface area contributed by atoms with Gasteiger partial charge in [0.15, 0.2) is 0 Å². The Balaban J connectivity index is 2.32. The number of aliphatic hydroxyl groups excluding tert-OH is 1. The zero-order valence-corrected chi connectivity index (χ0v) is 11.4. The minimum absolute atomic E-state index is 0.138. The Kier molecular flexibility index (Phi) is 4.04. The maximum atomic E-state index is 12.5. The van der Waals surface area contributed by atoms with Gasteiger partial charge in [-0.1, -0.05) is 19.1 Å². The Morgan fingerprint density at radius 2 is 2.11 bits per heavy atom. The molecule has 0 bridgehead atoms. The van der Waals surface area contributed by atoms with Crippen LogP contribution in [-0.4, -0.2) is 30.4 Å². The average molecular weight is 269 g/mol. The van der Waals surface area contributed by atoms with Gasteiger partial charge in [0.1, 0.15) is 0 Å². The fourth-order valence-electron chi connectivity index (χ4n) is 2.02. The van der Waals surface area contributed by atoms with Crippen molar-refractivity contribution >= 4 is 10.0 Å². The standard InChI is InChI=1S/C13H19NO3S/c1-2-8-14(12-6-7-12)18(16,17)13-5-3-4-11(9-13)10-15/h3-5,9,12,15H,2,6-8,10H2,1H3. The van der Waals surface area contributed by atoms with Gasteiger partial charge in [-0.2, -0.15) is 4.31 Å². The van der Waals surface area contributed by atoms with E-state index in [-0.39, 0.29) is 17.5 Å². The van der Waals surface area contributed by atoms with Crippen LogP contribution in [0.5, 0.6) is 0 Å². The molecular weight excluding hydrogens is 250 g/mol. The van der Waals surface area contributed by atoms with E-state index in [0.717, 1.165) is 19.3 Å². The molecule has 1 aliphatic carbocycles. The van der Waals surface area contributed by atoms with Gasteiger partial charge < -0.3 is 5.11 Å². The summed E-state index contributed by atoms with van der Waals surface area (Å²) in [5, 5.41) is 9.08. The van der Waals surface area contributed by atoms with Gasteiger partial charge in [-0.3, -0.25) is 0 Å². The molecule has 1 N–H and O–H groups in total. The molecule has 4 nitrogen and oxygen atoms in total. The first-order valence-electron chi connectivity index (χ1n) is 6.31. The van der Waals surface area contributed by atoms with E-state index >= 15 is 0 Å². The second-order valence-electron chi connectivity index (χ2n) is 4.65. The smallest absolute Gasteiger partial charge is 0.243 e. The second-order valence-corrected chi connectivity index (χ2v) is 6.54. The van der Waals surface area contributed by atoms with Crippen LogP contribution in [0.3, 0.4) is 0 Å². The molecule has 2 rings (SSSR count). The fraction of sp³-hybridized carbons (Fsp3) is 0.538. The van der Waals surface area contributed by atoms with Gasteiger partial charge in [-0.15, -0.1) is 0 Å². The van der Waals surface area contributed by atoms with E-state index in [1.807, 2.05) is 6.92 Å². The molecule has 0 unspecified atom stereocenters. The van der Waals surface area contributed by atoms with E-state index in [9.17, 15) is 8.42 Å². The summed E-state index contributed by atoms with van der Waals surface area (Å²) < 4.78 is 26.6. The van der Waals surface area contributed by atoms with E-state index in [2.05, 4.69) is 0 Å². The third-order valence-electron chi connectivity index (χ3n) is 3.09. The van der Waals surface area contributed by atoms with Gasteiger partial charge in [0.05, 0.1) is 11.5 Å². The summed E-state index contributed by atoms with van der Waals surface area (Å²) in [6.45, 7) is 2.41. The summed E-state index contributed by atoms with van der Waals surface area (Å²) in [5.74, 6) is 0. The Morgan fingerprint density at radius 3 is 2.67 bits per heavy atom. The van der Waals surface area contributed by atoms with Gasteiger partial charge >= 0.3 is 0 Å². The van der Waals surface area contributed by atoms with Crippen LogP contribution in [-0.2, 0) is 16.6 Å². The second kappa shape index (κ2) is 5.38. The third kappa shape index (κ3) is 2.74. The van der Waals surface area contributed by atoms with Crippen LogP contribution in [0.2, 0.25) is 0 Å². The summed E-state index contributed by atoms with van der Waals surface area (Å²) in [4.78, 5) is 0.286. The van der Waals surface area contributed by atoms with Gasteiger partial charge in [0.2, 0.25) is 10.0 Å². The first kappa shape index (κ1) is 13.5. The molecule has 0 aromatic heterocycles. The molecule has 0 saturated heterocycles. The quantitative estimate of drug-likeness (QED) is 0.856. The van der Waals surface area contributed by atoms with Crippen molar-refractivity contribution in [1.29, 1.82) is 0 Å². The first-order valence-corrected chi connectivity index (χ1v) is 7.75. The van der Waals surface area contributed by atoms with E-state index in [1.165, 1.54) is 0 Å². The SMILES string of the molecule is CCCN(C1CC1)S(=O)(=O)c1cccc(CO)c1. The van der Waals surface area contributed by atoms with Crippen LogP contribution in [0.15, 0.2) is 29.2 Å². The Hall–Kier alpha value is -0.910. The van der Waals surface area contributed by atoms with Crippen molar-refractivity contribution in [2.24, 2.45) is 0 Å². The lowest BCUT2D eigenvalue weighted by atomic mass is 10.2. The van der Waals surface area contributed by atoms with Crippen LogP contribution in [0, 0.1) is 0 Å². The topological polar surface area (TPSA) is 57.6 Å². The summed E-state index contributed by atoms with van der Waals surface area (Å²) in [6, 6.07) is 6.73. The summed E-state index contributed by atoms with van der Waals surface area (Å²) in [5.41, 5.74) is 0.628. The highest BCUT2D eigenvalue weighted by atomic mass is 32.2. The highest BCUT2D eigenvalue weighted by molar-refractivity contribution is 7.89. The number of hydrogen-bond acceptors (Lipinski definition) is 3. The molecule has 0 amide bonds. The fourth-order valence-corrected chi connectivity index (χ4v) is 3.87. The van der Waals surface area contributed by atoms with Gasteiger partial charge in [-0.25, -0.2) is 8.42 Å². The van der Waals surface area contributed by atoms with Crippen molar-refractivity contribution in [1.82, 2.24) is 4.31 Å². The molecule has 0 radical (unpaired) electrons. The minimum Gasteiger partial charge on any atom is -0.392 e. The van der Waals surface area contributed by atoms with E-state index in [4.69, 9.17) is 5.11 Å². The molecule has 0 heterocycles. The van der Waals surface area contributed by atoms with Crippen LogP contribution in [0.1, 0.15) is 31.7 Å². The van der Waals surface area contributed by atoms with Crippen LogP contribution < -0.4 is 0 Å². The molecule has 1 saturated carbocycles. The zero-order valence-electron chi connectivity index (χ0n) is 10.5. The molecule has 0 aliphatic heterocycles.